The molecule has 1 aromatic heterocycles. The van der Waals surface area contributed by atoms with Crippen molar-refractivity contribution < 1.29 is 4.39 Å². The van der Waals surface area contributed by atoms with E-state index in [4.69, 9.17) is 11.6 Å². The second-order valence-electron chi connectivity index (χ2n) is 9.00. The number of likely N-dealkylation sites (tertiary alicyclic amines) is 1. The first kappa shape index (κ1) is 18.6. The summed E-state index contributed by atoms with van der Waals surface area (Å²) in [5.41, 5.74) is 1.54. The van der Waals surface area contributed by atoms with Crippen molar-refractivity contribution in [1.29, 1.82) is 0 Å². The number of aromatic nitrogens is 2. The number of nitrogens with zero attached hydrogens (tertiary/aromatic N) is 3. The second-order valence-corrected chi connectivity index (χ2v) is 9.40. The van der Waals surface area contributed by atoms with E-state index in [0.717, 1.165) is 5.82 Å². The number of halogens is 2. The molecule has 144 valence electrons. The van der Waals surface area contributed by atoms with E-state index in [1.165, 1.54) is 44.3 Å². The standard InChI is InChI=1S/C21H26ClFN4/c1-21(2,3)8-9-27-11-15-16(12-27)20(15)24-19-7-6-18(25-26-19)14-10-13(23)4-5-17(14)22/h4-7,10,15-16,20H,8-9,11-12H2,1-3H3,(H,24,26)/t15-,16-/m1/s1. The normalized spacial score (nSPS) is 24.7. The second kappa shape index (κ2) is 7.02. The van der Waals surface area contributed by atoms with Crippen LogP contribution in [0.4, 0.5) is 10.2 Å². The molecule has 2 heterocycles. The molecule has 0 unspecified atom stereocenters. The summed E-state index contributed by atoms with van der Waals surface area (Å²) in [5.74, 6) is 1.86. The Labute approximate surface area is 165 Å². The fraction of sp³-hybridized carbons (Fsp3) is 0.524. The van der Waals surface area contributed by atoms with Gasteiger partial charge in [-0.3, -0.25) is 0 Å². The molecule has 2 fully saturated rings. The van der Waals surface area contributed by atoms with Crippen LogP contribution in [0.1, 0.15) is 27.2 Å². The molecule has 2 aliphatic rings. The molecular weight excluding hydrogens is 363 g/mol. The van der Waals surface area contributed by atoms with Gasteiger partial charge in [0.05, 0.1) is 10.7 Å². The third kappa shape index (κ3) is 4.25. The van der Waals surface area contributed by atoms with Crippen LogP contribution in [0.2, 0.25) is 5.02 Å². The van der Waals surface area contributed by atoms with Crippen LogP contribution in [0, 0.1) is 23.1 Å². The highest BCUT2D eigenvalue weighted by Crippen LogP contribution is 2.47. The number of anilines is 1. The van der Waals surface area contributed by atoms with Crippen molar-refractivity contribution in [3.8, 4) is 11.3 Å². The van der Waals surface area contributed by atoms with E-state index < -0.39 is 0 Å². The van der Waals surface area contributed by atoms with Crippen molar-refractivity contribution in [2.45, 2.75) is 33.2 Å². The van der Waals surface area contributed by atoms with Gasteiger partial charge in [-0.2, -0.15) is 0 Å². The van der Waals surface area contributed by atoms with Gasteiger partial charge < -0.3 is 10.2 Å². The summed E-state index contributed by atoms with van der Waals surface area (Å²) >= 11 is 6.14. The molecule has 27 heavy (non-hydrogen) atoms. The molecule has 0 amide bonds. The summed E-state index contributed by atoms with van der Waals surface area (Å²) in [6.45, 7) is 10.4. The molecule has 1 N–H and O–H groups in total. The van der Waals surface area contributed by atoms with Crippen LogP contribution < -0.4 is 5.32 Å². The zero-order valence-corrected chi connectivity index (χ0v) is 16.8. The highest BCUT2D eigenvalue weighted by Gasteiger charge is 2.55. The molecule has 6 heteroatoms. The summed E-state index contributed by atoms with van der Waals surface area (Å²) in [6.07, 6.45) is 1.24. The molecule has 1 aliphatic carbocycles. The van der Waals surface area contributed by atoms with Crippen LogP contribution in [0.25, 0.3) is 11.3 Å². The van der Waals surface area contributed by atoms with Crippen molar-refractivity contribution in [3.05, 3.63) is 41.2 Å². The molecule has 4 nitrogen and oxygen atoms in total. The Morgan fingerprint density at radius 2 is 1.89 bits per heavy atom. The molecular formula is C21H26ClFN4. The molecule has 4 rings (SSSR count). The molecule has 1 saturated heterocycles. The topological polar surface area (TPSA) is 41.0 Å². The molecule has 0 radical (unpaired) electrons. The first-order valence-electron chi connectivity index (χ1n) is 9.58. The zero-order chi connectivity index (χ0) is 19.2. The molecule has 1 aliphatic heterocycles. The predicted octanol–water partition coefficient (Wildman–Crippen LogP) is 4.71. The van der Waals surface area contributed by atoms with Gasteiger partial charge in [0.1, 0.15) is 11.6 Å². The lowest BCUT2D eigenvalue weighted by molar-refractivity contribution is 0.245. The predicted molar refractivity (Wildman–Crippen MR) is 107 cm³/mol. The van der Waals surface area contributed by atoms with Crippen molar-refractivity contribution in [3.63, 3.8) is 0 Å². The van der Waals surface area contributed by atoms with Crippen LogP contribution in [-0.4, -0.2) is 40.8 Å². The van der Waals surface area contributed by atoms with E-state index in [0.29, 0.717) is 39.6 Å². The van der Waals surface area contributed by atoms with Gasteiger partial charge >= 0.3 is 0 Å². The monoisotopic (exact) mass is 388 g/mol. The molecule has 0 spiro atoms. The van der Waals surface area contributed by atoms with Crippen LogP contribution in [0.3, 0.4) is 0 Å². The van der Waals surface area contributed by atoms with Gasteiger partial charge in [0.15, 0.2) is 0 Å². The number of piperidine rings is 1. The van der Waals surface area contributed by atoms with Gasteiger partial charge in [-0.05, 0) is 60.5 Å². The number of hydrogen-bond donors (Lipinski definition) is 1. The summed E-state index contributed by atoms with van der Waals surface area (Å²) < 4.78 is 13.5. The van der Waals surface area contributed by atoms with Crippen LogP contribution in [0.5, 0.6) is 0 Å². The average Bonchev–Trinajstić information content (AvgIpc) is 3.05. The zero-order valence-electron chi connectivity index (χ0n) is 16.0. The van der Waals surface area contributed by atoms with Gasteiger partial charge in [0.25, 0.3) is 0 Å². The Bertz CT molecular complexity index is 806. The van der Waals surface area contributed by atoms with Crippen LogP contribution >= 0.6 is 11.6 Å². The summed E-state index contributed by atoms with van der Waals surface area (Å²) in [7, 11) is 0. The third-order valence-corrected chi connectivity index (χ3v) is 5.96. The lowest BCUT2D eigenvalue weighted by Crippen LogP contribution is -2.30. The minimum atomic E-state index is -0.333. The largest absolute Gasteiger partial charge is 0.365 e. The van der Waals surface area contributed by atoms with Crippen LogP contribution in [-0.2, 0) is 0 Å². The Morgan fingerprint density at radius 3 is 2.52 bits per heavy atom. The van der Waals surface area contributed by atoms with E-state index >= 15 is 0 Å². The van der Waals surface area contributed by atoms with E-state index in [2.05, 4.69) is 41.2 Å². The van der Waals surface area contributed by atoms with E-state index in [1.54, 1.807) is 0 Å². The Kier molecular flexibility index (Phi) is 4.85. The molecule has 1 saturated carbocycles. The minimum Gasteiger partial charge on any atom is -0.365 e. The van der Waals surface area contributed by atoms with Crippen molar-refractivity contribution in [1.82, 2.24) is 15.1 Å². The fourth-order valence-electron chi connectivity index (χ4n) is 3.92. The van der Waals surface area contributed by atoms with E-state index in [1.807, 2.05) is 12.1 Å². The summed E-state index contributed by atoms with van der Waals surface area (Å²) in [5, 5.41) is 12.5. The van der Waals surface area contributed by atoms with Gasteiger partial charge in [0.2, 0.25) is 0 Å². The van der Waals surface area contributed by atoms with Crippen molar-refractivity contribution in [2.75, 3.05) is 25.0 Å². The maximum atomic E-state index is 13.5. The number of rotatable bonds is 5. The average molecular weight is 389 g/mol. The maximum absolute atomic E-state index is 13.5. The smallest absolute Gasteiger partial charge is 0.148 e. The van der Waals surface area contributed by atoms with Crippen LogP contribution in [0.15, 0.2) is 30.3 Å². The first-order valence-corrected chi connectivity index (χ1v) is 9.96. The van der Waals surface area contributed by atoms with Gasteiger partial charge in [0, 0.05) is 24.7 Å². The number of hydrogen-bond acceptors (Lipinski definition) is 4. The Morgan fingerprint density at radius 1 is 1.15 bits per heavy atom. The Hall–Kier alpha value is -1.72. The third-order valence-electron chi connectivity index (χ3n) is 5.63. The molecule has 2 aromatic rings. The lowest BCUT2D eigenvalue weighted by Gasteiger charge is -2.25. The first-order chi connectivity index (χ1) is 12.8. The fourth-order valence-corrected chi connectivity index (χ4v) is 4.14. The SMILES string of the molecule is CC(C)(C)CCN1C[C@H]2C(Nc3ccc(-c4cc(F)ccc4Cl)nn3)[C@@H]2C1. The number of nitrogens with one attached hydrogen (secondary N) is 1. The highest BCUT2D eigenvalue weighted by molar-refractivity contribution is 6.33. The number of benzene rings is 1. The lowest BCUT2D eigenvalue weighted by atomic mass is 9.92. The summed E-state index contributed by atoms with van der Waals surface area (Å²) in [6, 6.07) is 8.49. The van der Waals surface area contributed by atoms with Gasteiger partial charge in [-0.1, -0.05) is 32.4 Å². The maximum Gasteiger partial charge on any atom is 0.148 e. The van der Waals surface area contributed by atoms with E-state index in [-0.39, 0.29) is 5.82 Å². The quantitative estimate of drug-likeness (QED) is 0.805. The minimum absolute atomic E-state index is 0.333. The van der Waals surface area contributed by atoms with Crippen molar-refractivity contribution >= 4 is 17.4 Å². The number of fused-ring (bicyclic) bond motifs is 1. The highest BCUT2D eigenvalue weighted by atomic mass is 35.5. The van der Waals surface area contributed by atoms with E-state index in [9.17, 15) is 4.39 Å². The molecule has 1 aromatic carbocycles. The summed E-state index contributed by atoms with van der Waals surface area (Å²) in [4.78, 5) is 2.58. The van der Waals surface area contributed by atoms with Gasteiger partial charge in [-0.25, -0.2) is 4.39 Å². The molecule has 0 bridgehead atoms. The van der Waals surface area contributed by atoms with Crippen molar-refractivity contribution in [2.24, 2.45) is 17.3 Å². The van der Waals surface area contributed by atoms with Gasteiger partial charge in [-0.15, -0.1) is 10.2 Å². The Balaban J connectivity index is 1.32. The molecule has 2 atom stereocenters.